The molecule has 3 aromatic rings. The summed E-state index contributed by atoms with van der Waals surface area (Å²) in [6.07, 6.45) is 0.800. The van der Waals surface area contributed by atoms with Crippen LogP contribution in [0.15, 0.2) is 42.5 Å². The summed E-state index contributed by atoms with van der Waals surface area (Å²) in [5.41, 5.74) is 4.42. The molecule has 2 N–H and O–H groups in total. The number of urea groups is 1. The first-order chi connectivity index (χ1) is 14.1. The smallest absolute Gasteiger partial charge is 0.317 e. The van der Waals surface area contributed by atoms with Gasteiger partial charge in [-0.05, 0) is 48.7 Å². The summed E-state index contributed by atoms with van der Waals surface area (Å²) in [6, 6.07) is 14.2. The molecule has 4 rings (SSSR count). The van der Waals surface area contributed by atoms with E-state index in [1.807, 2.05) is 35.2 Å². The van der Waals surface area contributed by atoms with Crippen LogP contribution in [0.2, 0.25) is 0 Å². The molecular formula is C22H27N5O2. The highest BCUT2D eigenvalue weighted by atomic mass is 16.5. The van der Waals surface area contributed by atoms with Crippen molar-refractivity contribution in [3.63, 3.8) is 0 Å². The largest absolute Gasteiger partial charge is 0.497 e. The van der Waals surface area contributed by atoms with Gasteiger partial charge >= 0.3 is 6.03 Å². The molecule has 7 heteroatoms. The van der Waals surface area contributed by atoms with Gasteiger partial charge in [0, 0.05) is 32.7 Å². The predicted molar refractivity (Wildman–Crippen MR) is 115 cm³/mol. The molecule has 1 aromatic heterocycles. The van der Waals surface area contributed by atoms with Crippen molar-refractivity contribution >= 4 is 23.0 Å². The number of anilines is 1. The normalized spacial score (nSPS) is 14.3. The molecule has 1 saturated heterocycles. The van der Waals surface area contributed by atoms with Crippen molar-refractivity contribution in [3.05, 3.63) is 53.6 Å². The van der Waals surface area contributed by atoms with Crippen molar-refractivity contribution < 1.29 is 9.53 Å². The number of piperazine rings is 1. The highest BCUT2D eigenvalue weighted by Gasteiger charge is 2.22. The molecule has 0 aliphatic carbocycles. The first-order valence-electron chi connectivity index (χ1n) is 9.99. The molecule has 2 heterocycles. The minimum Gasteiger partial charge on any atom is -0.497 e. The van der Waals surface area contributed by atoms with Crippen molar-refractivity contribution in [2.24, 2.45) is 0 Å². The molecule has 1 aliphatic rings. The standard InChI is InChI=1S/C22H27N5O2/c1-16-3-8-19-20(15-16)25-21(24-19)26-11-13-27(14-12-26)22(28)23-10-9-17-4-6-18(29-2)7-5-17/h3-8,15H,9-14H2,1-2H3,(H,23,28)(H,24,25). The number of benzene rings is 2. The third-order valence-electron chi connectivity index (χ3n) is 5.34. The van der Waals surface area contributed by atoms with E-state index in [0.29, 0.717) is 19.6 Å². The third-order valence-corrected chi connectivity index (χ3v) is 5.34. The number of methoxy groups -OCH3 is 1. The lowest BCUT2D eigenvalue weighted by Crippen LogP contribution is -2.52. The van der Waals surface area contributed by atoms with Crippen molar-refractivity contribution in [2.45, 2.75) is 13.3 Å². The minimum atomic E-state index is -0.00149. The lowest BCUT2D eigenvalue weighted by Gasteiger charge is -2.34. The fourth-order valence-electron chi connectivity index (χ4n) is 3.60. The first-order valence-corrected chi connectivity index (χ1v) is 9.99. The zero-order valence-corrected chi connectivity index (χ0v) is 16.9. The van der Waals surface area contributed by atoms with Crippen LogP contribution in [-0.4, -0.2) is 60.7 Å². The summed E-state index contributed by atoms with van der Waals surface area (Å²) in [5.74, 6) is 1.72. The number of nitrogens with zero attached hydrogens (tertiary/aromatic N) is 3. The lowest BCUT2D eigenvalue weighted by molar-refractivity contribution is 0.194. The van der Waals surface area contributed by atoms with Gasteiger partial charge in [0.1, 0.15) is 5.75 Å². The molecule has 1 fully saturated rings. The van der Waals surface area contributed by atoms with E-state index in [1.165, 1.54) is 11.1 Å². The maximum atomic E-state index is 12.5. The summed E-state index contributed by atoms with van der Waals surface area (Å²) >= 11 is 0. The number of hydrogen-bond donors (Lipinski definition) is 2. The molecule has 29 heavy (non-hydrogen) atoms. The molecule has 0 bridgehead atoms. The quantitative estimate of drug-likeness (QED) is 0.699. The Balaban J connectivity index is 1.25. The number of carbonyl (C=O) groups is 1. The second kappa shape index (κ2) is 8.43. The monoisotopic (exact) mass is 393 g/mol. The van der Waals surface area contributed by atoms with E-state index in [1.54, 1.807) is 7.11 Å². The van der Waals surface area contributed by atoms with Gasteiger partial charge in [0.2, 0.25) is 5.95 Å². The van der Waals surface area contributed by atoms with E-state index in [-0.39, 0.29) is 6.03 Å². The molecule has 1 aliphatic heterocycles. The van der Waals surface area contributed by atoms with Gasteiger partial charge in [0.25, 0.3) is 0 Å². The number of carbonyl (C=O) groups excluding carboxylic acids is 1. The van der Waals surface area contributed by atoms with Gasteiger partial charge in [-0.15, -0.1) is 0 Å². The Morgan fingerprint density at radius 3 is 2.62 bits per heavy atom. The number of H-pyrrole nitrogens is 1. The number of imidazole rings is 1. The maximum absolute atomic E-state index is 12.5. The number of amides is 2. The van der Waals surface area contributed by atoms with Gasteiger partial charge in [0.05, 0.1) is 18.1 Å². The number of aromatic nitrogens is 2. The van der Waals surface area contributed by atoms with Crippen LogP contribution in [-0.2, 0) is 6.42 Å². The number of nitrogens with one attached hydrogen (secondary N) is 2. The zero-order chi connectivity index (χ0) is 20.2. The highest BCUT2D eigenvalue weighted by Crippen LogP contribution is 2.19. The van der Waals surface area contributed by atoms with Gasteiger partial charge in [0.15, 0.2) is 0 Å². The minimum absolute atomic E-state index is 0.00149. The van der Waals surface area contributed by atoms with Gasteiger partial charge in [-0.25, -0.2) is 9.78 Å². The number of aryl methyl sites for hydroxylation is 1. The number of aromatic amines is 1. The van der Waals surface area contributed by atoms with Crippen LogP contribution in [0.4, 0.5) is 10.7 Å². The molecule has 2 amide bonds. The molecule has 7 nitrogen and oxygen atoms in total. The Morgan fingerprint density at radius 1 is 1.14 bits per heavy atom. The summed E-state index contributed by atoms with van der Waals surface area (Å²) in [5, 5.41) is 3.03. The van der Waals surface area contributed by atoms with E-state index in [9.17, 15) is 4.79 Å². The molecule has 0 atom stereocenters. The lowest BCUT2D eigenvalue weighted by atomic mass is 10.1. The van der Waals surface area contributed by atoms with Gasteiger partial charge in [-0.1, -0.05) is 18.2 Å². The van der Waals surface area contributed by atoms with Crippen LogP contribution in [0.5, 0.6) is 5.75 Å². The van der Waals surface area contributed by atoms with Crippen molar-refractivity contribution in [2.75, 3.05) is 44.7 Å². The van der Waals surface area contributed by atoms with Gasteiger partial charge in [-0.3, -0.25) is 0 Å². The van der Waals surface area contributed by atoms with Gasteiger partial charge in [-0.2, -0.15) is 0 Å². The molecule has 0 unspecified atom stereocenters. The fraction of sp³-hybridized carbons (Fsp3) is 0.364. The number of ether oxygens (including phenoxy) is 1. The first kappa shape index (κ1) is 19.1. The molecule has 0 spiro atoms. The topological polar surface area (TPSA) is 73.5 Å². The molecular weight excluding hydrogens is 366 g/mol. The van der Waals surface area contributed by atoms with Crippen LogP contribution in [0, 0.1) is 6.92 Å². The van der Waals surface area contributed by atoms with Crippen molar-refractivity contribution in [1.82, 2.24) is 20.2 Å². The van der Waals surface area contributed by atoms with Crippen LogP contribution < -0.4 is 15.0 Å². The van der Waals surface area contributed by atoms with Crippen LogP contribution >= 0.6 is 0 Å². The molecule has 2 aromatic carbocycles. The van der Waals surface area contributed by atoms with Crippen LogP contribution in [0.1, 0.15) is 11.1 Å². The van der Waals surface area contributed by atoms with Crippen LogP contribution in [0.3, 0.4) is 0 Å². The van der Waals surface area contributed by atoms with Crippen molar-refractivity contribution in [1.29, 1.82) is 0 Å². The second-order valence-corrected chi connectivity index (χ2v) is 7.39. The number of rotatable bonds is 5. The Morgan fingerprint density at radius 2 is 1.90 bits per heavy atom. The second-order valence-electron chi connectivity index (χ2n) is 7.39. The van der Waals surface area contributed by atoms with Crippen molar-refractivity contribution in [3.8, 4) is 5.75 Å². The predicted octanol–water partition coefficient (Wildman–Crippen LogP) is 2.95. The highest BCUT2D eigenvalue weighted by molar-refractivity contribution is 5.78. The summed E-state index contributed by atoms with van der Waals surface area (Å²) < 4.78 is 5.17. The average molecular weight is 393 g/mol. The molecule has 152 valence electrons. The Kier molecular flexibility index (Phi) is 5.55. The van der Waals surface area contributed by atoms with Crippen LogP contribution in [0.25, 0.3) is 11.0 Å². The Hall–Kier alpha value is -3.22. The molecule has 0 radical (unpaired) electrons. The average Bonchev–Trinajstić information content (AvgIpc) is 3.17. The van der Waals surface area contributed by atoms with Gasteiger partial charge < -0.3 is 24.8 Å². The third kappa shape index (κ3) is 4.45. The zero-order valence-electron chi connectivity index (χ0n) is 16.9. The number of fused-ring (bicyclic) bond motifs is 1. The summed E-state index contributed by atoms with van der Waals surface area (Å²) in [7, 11) is 1.66. The summed E-state index contributed by atoms with van der Waals surface area (Å²) in [4.78, 5) is 24.6. The molecule has 0 saturated carbocycles. The Labute approximate surface area is 170 Å². The van der Waals surface area contributed by atoms with E-state index < -0.39 is 0 Å². The van der Waals surface area contributed by atoms with E-state index in [0.717, 1.165) is 42.2 Å². The SMILES string of the molecule is COc1ccc(CCNC(=O)N2CCN(c3nc4ccc(C)cc4[nH]3)CC2)cc1. The fourth-order valence-corrected chi connectivity index (χ4v) is 3.60. The van der Waals surface area contributed by atoms with E-state index in [2.05, 4.69) is 39.2 Å². The van der Waals surface area contributed by atoms with E-state index in [4.69, 9.17) is 4.74 Å². The summed E-state index contributed by atoms with van der Waals surface area (Å²) in [6.45, 7) is 5.60. The van der Waals surface area contributed by atoms with E-state index >= 15 is 0 Å². The Bertz CT molecular complexity index is 975. The number of hydrogen-bond acceptors (Lipinski definition) is 4. The maximum Gasteiger partial charge on any atom is 0.317 e.